The molecule has 0 atom stereocenters. The van der Waals surface area contributed by atoms with E-state index in [9.17, 15) is 8.42 Å². The fraction of sp³-hybridized carbons (Fsp3) is 0.421. The lowest BCUT2D eigenvalue weighted by molar-refractivity contribution is 0.437. The fourth-order valence-electron chi connectivity index (χ4n) is 2.63. The summed E-state index contributed by atoms with van der Waals surface area (Å²) in [6.07, 6.45) is 0. The molecule has 0 saturated carbocycles. The standard InChI is InChI=1S/C19H23ClN4O3S/c1-18(2,3)15-11-14(24(6)23-15)16-21-22-17(27-16)19(4,5)28(25,26)13-9-7-12(20)8-10-13/h7-11H,1-6H3. The number of hydrogen-bond acceptors (Lipinski definition) is 6. The predicted molar refractivity (Wildman–Crippen MR) is 107 cm³/mol. The molecule has 28 heavy (non-hydrogen) atoms. The summed E-state index contributed by atoms with van der Waals surface area (Å²) < 4.78 is 32.3. The van der Waals surface area contributed by atoms with Crippen LogP contribution in [0.4, 0.5) is 0 Å². The van der Waals surface area contributed by atoms with Crippen molar-refractivity contribution in [2.45, 2.75) is 49.7 Å². The number of nitrogens with zero attached hydrogens (tertiary/aromatic N) is 4. The van der Waals surface area contributed by atoms with Crippen molar-refractivity contribution in [3.8, 4) is 11.6 Å². The molecule has 3 aromatic rings. The van der Waals surface area contributed by atoms with Crippen LogP contribution in [0.15, 0.2) is 39.6 Å². The second-order valence-corrected chi connectivity index (χ2v) is 11.1. The van der Waals surface area contributed by atoms with Crippen molar-refractivity contribution in [3.05, 3.63) is 46.9 Å². The van der Waals surface area contributed by atoms with E-state index in [1.807, 2.05) is 6.07 Å². The van der Waals surface area contributed by atoms with Gasteiger partial charge in [-0.15, -0.1) is 10.2 Å². The van der Waals surface area contributed by atoms with E-state index < -0.39 is 14.6 Å². The molecule has 0 aliphatic carbocycles. The molecule has 7 nitrogen and oxygen atoms in total. The van der Waals surface area contributed by atoms with Crippen molar-refractivity contribution in [3.63, 3.8) is 0 Å². The van der Waals surface area contributed by atoms with Crippen molar-refractivity contribution >= 4 is 21.4 Å². The van der Waals surface area contributed by atoms with E-state index in [1.54, 1.807) is 11.7 Å². The molecule has 0 radical (unpaired) electrons. The van der Waals surface area contributed by atoms with Crippen molar-refractivity contribution in [2.75, 3.05) is 0 Å². The number of rotatable bonds is 4. The molecule has 3 rings (SSSR count). The van der Waals surface area contributed by atoms with E-state index in [-0.39, 0.29) is 22.1 Å². The zero-order valence-electron chi connectivity index (χ0n) is 16.7. The molecule has 0 fully saturated rings. The third kappa shape index (κ3) is 3.46. The number of aryl methyl sites for hydroxylation is 1. The lowest BCUT2D eigenvalue weighted by atomic mass is 9.92. The molecule has 1 aromatic carbocycles. The average molecular weight is 423 g/mol. The summed E-state index contributed by atoms with van der Waals surface area (Å²) in [6, 6.07) is 7.87. The normalized spacial score (nSPS) is 13.1. The maximum Gasteiger partial charge on any atom is 0.266 e. The Hall–Kier alpha value is -2.19. The zero-order chi connectivity index (χ0) is 20.9. The quantitative estimate of drug-likeness (QED) is 0.627. The van der Waals surface area contributed by atoms with Crippen LogP contribution in [0.1, 0.15) is 46.2 Å². The minimum Gasteiger partial charge on any atom is -0.418 e. The van der Waals surface area contributed by atoms with Gasteiger partial charge in [-0.1, -0.05) is 32.4 Å². The second kappa shape index (κ2) is 6.70. The van der Waals surface area contributed by atoms with Gasteiger partial charge in [0.1, 0.15) is 10.4 Å². The van der Waals surface area contributed by atoms with Gasteiger partial charge in [-0.25, -0.2) is 8.42 Å². The first kappa shape index (κ1) is 20.5. The van der Waals surface area contributed by atoms with E-state index in [1.165, 1.54) is 38.1 Å². The van der Waals surface area contributed by atoms with Gasteiger partial charge in [0, 0.05) is 17.5 Å². The van der Waals surface area contributed by atoms with E-state index >= 15 is 0 Å². The van der Waals surface area contributed by atoms with Crippen molar-refractivity contribution in [1.82, 2.24) is 20.0 Å². The summed E-state index contributed by atoms with van der Waals surface area (Å²) in [4.78, 5) is 0.136. The molecular weight excluding hydrogens is 400 g/mol. The number of benzene rings is 1. The lowest BCUT2D eigenvalue weighted by Gasteiger charge is -2.20. The summed E-state index contributed by atoms with van der Waals surface area (Å²) in [5, 5.41) is 13.0. The van der Waals surface area contributed by atoms with E-state index in [0.717, 1.165) is 5.69 Å². The van der Waals surface area contributed by atoms with Crippen LogP contribution in [0.3, 0.4) is 0 Å². The molecule has 0 unspecified atom stereocenters. The fourth-order valence-corrected chi connectivity index (χ4v) is 4.15. The van der Waals surface area contributed by atoms with Crippen molar-refractivity contribution in [2.24, 2.45) is 7.05 Å². The molecule has 0 N–H and O–H groups in total. The topological polar surface area (TPSA) is 90.9 Å². The highest BCUT2D eigenvalue weighted by molar-refractivity contribution is 7.92. The maximum absolute atomic E-state index is 13.1. The van der Waals surface area contributed by atoms with Gasteiger partial charge < -0.3 is 4.42 Å². The lowest BCUT2D eigenvalue weighted by Crippen LogP contribution is -2.29. The molecule has 2 heterocycles. The van der Waals surface area contributed by atoms with Gasteiger partial charge >= 0.3 is 0 Å². The van der Waals surface area contributed by atoms with Crippen molar-refractivity contribution in [1.29, 1.82) is 0 Å². The van der Waals surface area contributed by atoms with Crippen LogP contribution in [0, 0.1) is 0 Å². The second-order valence-electron chi connectivity index (χ2n) is 8.17. The Morgan fingerprint density at radius 2 is 1.64 bits per heavy atom. The summed E-state index contributed by atoms with van der Waals surface area (Å²) in [6.45, 7) is 9.25. The summed E-state index contributed by atoms with van der Waals surface area (Å²) in [5.74, 6) is 0.232. The smallest absolute Gasteiger partial charge is 0.266 e. The SMILES string of the molecule is Cn1nc(C(C)(C)C)cc1-c1nnc(C(C)(C)S(=O)(=O)c2ccc(Cl)cc2)o1. The Kier molecular flexibility index (Phi) is 4.92. The van der Waals surface area contributed by atoms with Gasteiger partial charge in [-0.05, 0) is 44.2 Å². The summed E-state index contributed by atoms with van der Waals surface area (Å²) in [5.41, 5.74) is 1.36. The van der Waals surface area contributed by atoms with Gasteiger partial charge in [0.25, 0.3) is 5.89 Å². The summed E-state index contributed by atoms with van der Waals surface area (Å²) in [7, 11) is -2.00. The number of halogens is 1. The minimum absolute atomic E-state index is 0.0101. The number of sulfone groups is 1. The minimum atomic E-state index is -3.78. The van der Waals surface area contributed by atoms with Crippen LogP contribution in [-0.2, 0) is 27.0 Å². The van der Waals surface area contributed by atoms with E-state index in [4.69, 9.17) is 16.0 Å². The molecule has 0 bridgehead atoms. The third-order valence-corrected chi connectivity index (χ3v) is 7.27. The number of aromatic nitrogens is 4. The van der Waals surface area contributed by atoms with Gasteiger partial charge in [0.15, 0.2) is 9.84 Å². The van der Waals surface area contributed by atoms with Crippen LogP contribution in [-0.4, -0.2) is 28.4 Å². The van der Waals surface area contributed by atoms with Crippen molar-refractivity contribution < 1.29 is 12.8 Å². The van der Waals surface area contributed by atoms with Gasteiger partial charge in [0.05, 0.1) is 10.6 Å². The Bertz CT molecular complexity index is 1110. The van der Waals surface area contributed by atoms with Crippen LogP contribution in [0.5, 0.6) is 0 Å². The highest BCUT2D eigenvalue weighted by Crippen LogP contribution is 2.36. The first-order valence-electron chi connectivity index (χ1n) is 8.73. The Labute approximate surface area is 169 Å². The first-order chi connectivity index (χ1) is 12.8. The van der Waals surface area contributed by atoms with Gasteiger partial charge in [-0.2, -0.15) is 5.10 Å². The van der Waals surface area contributed by atoms with Gasteiger partial charge in [-0.3, -0.25) is 4.68 Å². The number of hydrogen-bond donors (Lipinski definition) is 0. The molecular formula is C19H23ClN4O3S. The molecule has 2 aromatic heterocycles. The predicted octanol–water partition coefficient (Wildman–Crippen LogP) is 4.13. The Balaban J connectivity index is 2.01. The molecule has 9 heteroatoms. The molecule has 0 spiro atoms. The maximum atomic E-state index is 13.1. The van der Waals surface area contributed by atoms with E-state index in [0.29, 0.717) is 10.7 Å². The van der Waals surface area contributed by atoms with Gasteiger partial charge in [0.2, 0.25) is 5.89 Å². The monoisotopic (exact) mass is 422 g/mol. The largest absolute Gasteiger partial charge is 0.418 e. The molecule has 0 aliphatic rings. The van der Waals surface area contributed by atoms with Crippen LogP contribution < -0.4 is 0 Å². The first-order valence-corrected chi connectivity index (χ1v) is 10.6. The highest BCUT2D eigenvalue weighted by atomic mass is 35.5. The average Bonchev–Trinajstić information content (AvgIpc) is 3.21. The van der Waals surface area contributed by atoms with Crippen LogP contribution in [0.2, 0.25) is 5.02 Å². The van der Waals surface area contributed by atoms with E-state index in [2.05, 4.69) is 36.1 Å². The molecule has 0 amide bonds. The Morgan fingerprint density at radius 1 is 1.04 bits per heavy atom. The van der Waals surface area contributed by atoms with Crippen LogP contribution in [0.25, 0.3) is 11.6 Å². The molecule has 150 valence electrons. The zero-order valence-corrected chi connectivity index (χ0v) is 18.3. The third-order valence-electron chi connectivity index (χ3n) is 4.60. The molecule has 0 saturated heterocycles. The Morgan fingerprint density at radius 3 is 2.18 bits per heavy atom. The van der Waals surface area contributed by atoms with Crippen LogP contribution >= 0.6 is 11.6 Å². The summed E-state index contributed by atoms with van der Waals surface area (Å²) >= 11 is 5.87. The highest BCUT2D eigenvalue weighted by Gasteiger charge is 2.42. The molecule has 0 aliphatic heterocycles.